The van der Waals surface area contributed by atoms with Gasteiger partial charge in [-0.25, -0.2) is 4.79 Å². The summed E-state index contributed by atoms with van der Waals surface area (Å²) in [7, 11) is 3.18. The Hall–Kier alpha value is -2.57. The van der Waals surface area contributed by atoms with E-state index in [9.17, 15) is 19.5 Å². The van der Waals surface area contributed by atoms with Crippen LogP contribution in [0.3, 0.4) is 0 Å². The second-order valence-corrected chi connectivity index (χ2v) is 5.33. The third-order valence-electron chi connectivity index (χ3n) is 3.45. The van der Waals surface area contributed by atoms with E-state index in [-0.39, 0.29) is 29.9 Å². The zero-order valence-electron chi connectivity index (χ0n) is 12.5. The highest BCUT2D eigenvalue weighted by molar-refractivity contribution is 5.97. The molecule has 1 fully saturated rings. The minimum Gasteiger partial charge on any atom is -0.507 e. The zero-order valence-corrected chi connectivity index (χ0v) is 12.5. The molecule has 1 N–H and O–H groups in total. The first-order chi connectivity index (χ1) is 10.4. The molecule has 1 aromatic carbocycles. The lowest BCUT2D eigenvalue weighted by Crippen LogP contribution is -2.33. The van der Waals surface area contributed by atoms with Gasteiger partial charge in [-0.05, 0) is 12.1 Å². The van der Waals surface area contributed by atoms with Crippen LogP contribution in [-0.4, -0.2) is 66.5 Å². The van der Waals surface area contributed by atoms with Crippen LogP contribution in [0, 0.1) is 0 Å². The number of rotatable bonds is 3. The Kier molecular flexibility index (Phi) is 4.65. The van der Waals surface area contributed by atoms with Gasteiger partial charge in [0.25, 0.3) is 5.91 Å². The fourth-order valence-electron chi connectivity index (χ4n) is 2.23. The molecule has 22 heavy (non-hydrogen) atoms. The van der Waals surface area contributed by atoms with Gasteiger partial charge >= 0.3 is 6.09 Å². The highest BCUT2D eigenvalue weighted by atomic mass is 16.6. The SMILES string of the molecule is CN(C)C(=O)OC1CCN(C(=O)c2ccc(C=O)cc2O)C1. The minimum atomic E-state index is -0.447. The van der Waals surface area contributed by atoms with Crippen molar-refractivity contribution in [3.05, 3.63) is 29.3 Å². The van der Waals surface area contributed by atoms with Crippen LogP contribution in [0.15, 0.2) is 18.2 Å². The second kappa shape index (κ2) is 6.46. The van der Waals surface area contributed by atoms with E-state index in [1.807, 2.05) is 0 Å². The van der Waals surface area contributed by atoms with E-state index >= 15 is 0 Å². The lowest BCUT2D eigenvalue weighted by molar-refractivity contribution is 0.0663. The highest BCUT2D eigenvalue weighted by Gasteiger charge is 2.30. The summed E-state index contributed by atoms with van der Waals surface area (Å²) >= 11 is 0. The van der Waals surface area contributed by atoms with E-state index in [4.69, 9.17) is 4.74 Å². The van der Waals surface area contributed by atoms with E-state index in [2.05, 4.69) is 0 Å². The number of nitrogens with zero attached hydrogens (tertiary/aromatic N) is 2. The number of aldehydes is 1. The van der Waals surface area contributed by atoms with Gasteiger partial charge in [-0.1, -0.05) is 6.07 Å². The summed E-state index contributed by atoms with van der Waals surface area (Å²) in [5.41, 5.74) is 0.429. The van der Waals surface area contributed by atoms with Crippen molar-refractivity contribution in [3.63, 3.8) is 0 Å². The normalized spacial score (nSPS) is 17.2. The Balaban J connectivity index is 2.03. The van der Waals surface area contributed by atoms with Gasteiger partial charge in [0.05, 0.1) is 12.1 Å². The van der Waals surface area contributed by atoms with Gasteiger partial charge in [0.1, 0.15) is 18.1 Å². The molecule has 0 radical (unpaired) electrons. The van der Waals surface area contributed by atoms with Crippen molar-refractivity contribution in [1.29, 1.82) is 0 Å². The fourth-order valence-corrected chi connectivity index (χ4v) is 2.23. The van der Waals surface area contributed by atoms with Crippen molar-refractivity contribution in [2.45, 2.75) is 12.5 Å². The van der Waals surface area contributed by atoms with Gasteiger partial charge in [0, 0.05) is 32.6 Å². The molecule has 0 aliphatic carbocycles. The molecule has 1 aliphatic heterocycles. The van der Waals surface area contributed by atoms with Gasteiger partial charge in [0.2, 0.25) is 0 Å². The Bertz CT molecular complexity index is 600. The van der Waals surface area contributed by atoms with E-state index in [0.717, 1.165) is 0 Å². The highest BCUT2D eigenvalue weighted by Crippen LogP contribution is 2.23. The Morgan fingerprint density at radius 1 is 1.41 bits per heavy atom. The van der Waals surface area contributed by atoms with Crippen LogP contribution in [0.5, 0.6) is 5.75 Å². The van der Waals surface area contributed by atoms with Crippen LogP contribution >= 0.6 is 0 Å². The minimum absolute atomic E-state index is 0.130. The average molecular weight is 306 g/mol. The smallest absolute Gasteiger partial charge is 0.409 e. The molecule has 1 atom stereocenters. The van der Waals surface area contributed by atoms with Crippen LogP contribution in [0.1, 0.15) is 27.1 Å². The first kappa shape index (κ1) is 15.8. The summed E-state index contributed by atoms with van der Waals surface area (Å²) in [5.74, 6) is -0.582. The maximum atomic E-state index is 12.4. The van der Waals surface area contributed by atoms with Crippen molar-refractivity contribution in [1.82, 2.24) is 9.80 Å². The van der Waals surface area contributed by atoms with Gasteiger partial charge in [0.15, 0.2) is 0 Å². The number of amides is 2. The van der Waals surface area contributed by atoms with Crippen molar-refractivity contribution >= 4 is 18.3 Å². The molecule has 7 heteroatoms. The van der Waals surface area contributed by atoms with Crippen LogP contribution in [0.4, 0.5) is 4.79 Å². The number of ether oxygens (including phenoxy) is 1. The zero-order chi connectivity index (χ0) is 16.3. The summed E-state index contributed by atoms with van der Waals surface area (Å²) in [5, 5.41) is 9.84. The molecule has 2 amide bonds. The molecule has 0 spiro atoms. The topological polar surface area (TPSA) is 87.2 Å². The maximum absolute atomic E-state index is 12.4. The average Bonchev–Trinajstić information content (AvgIpc) is 2.94. The van der Waals surface area contributed by atoms with Crippen LogP contribution in [0.25, 0.3) is 0 Å². The molecule has 0 bridgehead atoms. The molecule has 0 saturated carbocycles. The van der Waals surface area contributed by atoms with Crippen molar-refractivity contribution in [2.75, 3.05) is 27.2 Å². The molecule has 1 aromatic rings. The standard InChI is InChI=1S/C15H18N2O5/c1-16(2)15(21)22-11-5-6-17(8-11)14(20)12-4-3-10(9-18)7-13(12)19/h3-4,7,9,11,19H,5-6,8H2,1-2H3. The Morgan fingerprint density at radius 2 is 2.14 bits per heavy atom. The molecular weight excluding hydrogens is 288 g/mol. The number of aromatic hydroxyl groups is 1. The number of phenols is 1. The van der Waals surface area contributed by atoms with E-state index in [0.29, 0.717) is 24.8 Å². The maximum Gasteiger partial charge on any atom is 0.409 e. The number of carbonyl (C=O) groups is 3. The van der Waals surface area contributed by atoms with Gasteiger partial charge in [-0.2, -0.15) is 0 Å². The van der Waals surface area contributed by atoms with Crippen LogP contribution in [-0.2, 0) is 4.74 Å². The van der Waals surface area contributed by atoms with Crippen LogP contribution < -0.4 is 0 Å². The number of carbonyl (C=O) groups excluding carboxylic acids is 3. The Labute approximate surface area is 128 Å². The molecule has 7 nitrogen and oxygen atoms in total. The molecular formula is C15H18N2O5. The predicted octanol–water partition coefficient (Wildman–Crippen LogP) is 1.12. The van der Waals surface area contributed by atoms with Crippen molar-refractivity contribution < 1.29 is 24.2 Å². The third kappa shape index (κ3) is 3.36. The molecule has 1 heterocycles. The van der Waals surface area contributed by atoms with Gasteiger partial charge < -0.3 is 19.6 Å². The number of likely N-dealkylation sites (tertiary alicyclic amines) is 1. The number of hydrogen-bond acceptors (Lipinski definition) is 5. The lowest BCUT2D eigenvalue weighted by atomic mass is 10.1. The lowest BCUT2D eigenvalue weighted by Gasteiger charge is -2.18. The largest absolute Gasteiger partial charge is 0.507 e. The number of benzene rings is 1. The summed E-state index contributed by atoms with van der Waals surface area (Å²) in [6.07, 6.45) is 0.353. The summed E-state index contributed by atoms with van der Waals surface area (Å²) in [4.78, 5) is 37.3. The fraction of sp³-hybridized carbons (Fsp3) is 0.400. The van der Waals surface area contributed by atoms with E-state index in [1.54, 1.807) is 14.1 Å². The number of hydrogen-bond donors (Lipinski definition) is 1. The molecule has 118 valence electrons. The molecule has 1 saturated heterocycles. The quantitative estimate of drug-likeness (QED) is 0.846. The monoisotopic (exact) mass is 306 g/mol. The molecule has 1 unspecified atom stereocenters. The third-order valence-corrected chi connectivity index (χ3v) is 3.45. The Morgan fingerprint density at radius 3 is 2.73 bits per heavy atom. The number of phenolic OH excluding ortho intramolecular Hbond substituents is 1. The summed E-state index contributed by atoms with van der Waals surface area (Å²) in [6, 6.07) is 4.14. The first-order valence-electron chi connectivity index (χ1n) is 6.87. The van der Waals surface area contributed by atoms with E-state index in [1.165, 1.54) is 28.0 Å². The van der Waals surface area contributed by atoms with Crippen molar-refractivity contribution in [2.24, 2.45) is 0 Å². The first-order valence-corrected chi connectivity index (χ1v) is 6.87. The molecule has 0 aromatic heterocycles. The van der Waals surface area contributed by atoms with Gasteiger partial charge in [-0.3, -0.25) is 9.59 Å². The predicted molar refractivity (Wildman–Crippen MR) is 78.0 cm³/mol. The summed E-state index contributed by atoms with van der Waals surface area (Å²) < 4.78 is 5.24. The van der Waals surface area contributed by atoms with E-state index < -0.39 is 6.09 Å². The molecule has 2 rings (SSSR count). The second-order valence-electron chi connectivity index (χ2n) is 5.33. The van der Waals surface area contributed by atoms with Crippen molar-refractivity contribution in [3.8, 4) is 5.75 Å². The molecule has 1 aliphatic rings. The summed E-state index contributed by atoms with van der Waals surface area (Å²) in [6.45, 7) is 0.729. The van der Waals surface area contributed by atoms with Gasteiger partial charge in [-0.15, -0.1) is 0 Å². The van der Waals surface area contributed by atoms with Crippen LogP contribution in [0.2, 0.25) is 0 Å².